The van der Waals surface area contributed by atoms with E-state index in [0.29, 0.717) is 30.8 Å². The highest BCUT2D eigenvalue weighted by atomic mass is 35.5. The maximum Gasteiger partial charge on any atom is 0.286 e. The fourth-order valence-electron chi connectivity index (χ4n) is 2.56. The van der Waals surface area contributed by atoms with Crippen LogP contribution in [0.2, 0.25) is 15.1 Å². The number of rotatable bonds is 2. The molecule has 1 amide bonds. The van der Waals surface area contributed by atoms with E-state index in [9.17, 15) is 4.79 Å². The highest BCUT2D eigenvalue weighted by Gasteiger charge is 2.23. The zero-order valence-electron chi connectivity index (χ0n) is 13.5. The van der Waals surface area contributed by atoms with Gasteiger partial charge in [-0.15, -0.1) is 0 Å². The third kappa shape index (κ3) is 3.82. The molecule has 1 aliphatic heterocycles. The summed E-state index contributed by atoms with van der Waals surface area (Å²) in [6.45, 7) is 0. The van der Waals surface area contributed by atoms with Gasteiger partial charge in [-0.25, -0.2) is 0 Å². The van der Waals surface area contributed by atoms with Crippen molar-refractivity contribution in [3.8, 4) is 0 Å². The summed E-state index contributed by atoms with van der Waals surface area (Å²) in [6.07, 6.45) is 3.42. The Bertz CT molecular complexity index is 1120. The number of nitrogens with one attached hydrogen (secondary N) is 1. The van der Waals surface area contributed by atoms with E-state index in [-0.39, 0.29) is 5.91 Å². The minimum Gasteiger partial charge on any atom is -0.332 e. The number of hydrogen-bond donors (Lipinski definition) is 1. The van der Waals surface area contributed by atoms with Gasteiger partial charge in [-0.2, -0.15) is 4.99 Å². The molecule has 1 aromatic heterocycles. The van der Waals surface area contributed by atoms with Crippen LogP contribution in [0.25, 0.3) is 17.0 Å². The van der Waals surface area contributed by atoms with Crippen molar-refractivity contribution < 1.29 is 4.79 Å². The van der Waals surface area contributed by atoms with Crippen LogP contribution in [0.3, 0.4) is 0 Å². The van der Waals surface area contributed by atoms with Crippen molar-refractivity contribution in [2.45, 2.75) is 0 Å². The molecule has 4 nitrogen and oxygen atoms in total. The molecule has 0 aliphatic carbocycles. The normalized spacial score (nSPS) is 15.4. The van der Waals surface area contributed by atoms with Crippen molar-refractivity contribution in [3.63, 3.8) is 0 Å². The van der Waals surface area contributed by atoms with Gasteiger partial charge >= 0.3 is 0 Å². The molecule has 0 atom stereocenters. The van der Waals surface area contributed by atoms with Crippen molar-refractivity contribution in [2.75, 3.05) is 5.32 Å². The summed E-state index contributed by atoms with van der Waals surface area (Å²) >= 11 is 19.8. The number of hydrogen-bond acceptors (Lipinski definition) is 4. The van der Waals surface area contributed by atoms with Crippen molar-refractivity contribution in [2.24, 2.45) is 4.99 Å². The number of aliphatic imine (C=N–C) groups is 1. The summed E-state index contributed by atoms with van der Waals surface area (Å²) in [6, 6.07) is 12.5. The summed E-state index contributed by atoms with van der Waals surface area (Å²) in [5.74, 6) is -0.331. The number of amidine groups is 1. The molecule has 27 heavy (non-hydrogen) atoms. The minimum atomic E-state index is -0.331. The smallest absolute Gasteiger partial charge is 0.286 e. The number of thioether (sulfide) groups is 1. The van der Waals surface area contributed by atoms with Crippen LogP contribution in [0.1, 0.15) is 5.56 Å². The molecule has 0 unspecified atom stereocenters. The van der Waals surface area contributed by atoms with E-state index in [1.807, 2.05) is 18.2 Å². The second-order valence-corrected chi connectivity index (χ2v) is 7.88. The van der Waals surface area contributed by atoms with Crippen LogP contribution in [0.5, 0.6) is 0 Å². The van der Waals surface area contributed by atoms with Crippen molar-refractivity contribution in [1.82, 2.24) is 4.98 Å². The Morgan fingerprint density at radius 1 is 1.00 bits per heavy atom. The number of amides is 1. The third-order valence-electron chi connectivity index (χ3n) is 3.83. The molecular formula is C19H10Cl3N3OS. The number of pyridine rings is 1. The number of halogens is 3. The zero-order chi connectivity index (χ0) is 19.0. The third-order valence-corrected chi connectivity index (χ3v) is 5.68. The lowest BCUT2D eigenvalue weighted by molar-refractivity contribution is -0.113. The Morgan fingerprint density at radius 3 is 2.56 bits per heavy atom. The first-order valence-corrected chi connectivity index (χ1v) is 9.74. The van der Waals surface area contributed by atoms with Crippen LogP contribution in [0.4, 0.5) is 5.69 Å². The molecule has 134 valence electrons. The summed E-state index contributed by atoms with van der Waals surface area (Å²) in [5, 5.41) is 5.77. The maximum absolute atomic E-state index is 12.3. The lowest BCUT2D eigenvalue weighted by atomic mass is 10.1. The van der Waals surface area contributed by atoms with E-state index >= 15 is 0 Å². The Hall–Kier alpha value is -2.05. The molecule has 2 heterocycles. The molecule has 2 aromatic carbocycles. The second-order valence-electron chi connectivity index (χ2n) is 5.62. The van der Waals surface area contributed by atoms with Gasteiger partial charge in [0.1, 0.15) is 0 Å². The second kappa shape index (κ2) is 7.52. The van der Waals surface area contributed by atoms with E-state index in [1.54, 1.807) is 36.5 Å². The predicted molar refractivity (Wildman–Crippen MR) is 115 cm³/mol. The largest absolute Gasteiger partial charge is 0.332 e. The maximum atomic E-state index is 12.3. The van der Waals surface area contributed by atoms with E-state index < -0.39 is 0 Å². The van der Waals surface area contributed by atoms with Gasteiger partial charge in [0, 0.05) is 11.6 Å². The molecule has 4 rings (SSSR count). The van der Waals surface area contributed by atoms with E-state index in [2.05, 4.69) is 15.3 Å². The van der Waals surface area contributed by atoms with Gasteiger partial charge in [-0.1, -0.05) is 46.9 Å². The molecule has 0 saturated carbocycles. The zero-order valence-corrected chi connectivity index (χ0v) is 16.6. The van der Waals surface area contributed by atoms with Gasteiger partial charge in [0.15, 0.2) is 5.17 Å². The molecule has 1 N–H and O–H groups in total. The molecule has 0 fully saturated rings. The van der Waals surface area contributed by atoms with Gasteiger partial charge in [0.05, 0.1) is 31.2 Å². The molecular weight excluding hydrogens is 425 g/mol. The first-order chi connectivity index (χ1) is 13.0. The van der Waals surface area contributed by atoms with E-state index in [1.165, 1.54) is 11.8 Å². The van der Waals surface area contributed by atoms with Gasteiger partial charge in [0.25, 0.3) is 5.91 Å². The number of carbonyl (C=O) groups excluding carboxylic acids is 1. The van der Waals surface area contributed by atoms with Crippen LogP contribution in [-0.2, 0) is 4.79 Å². The van der Waals surface area contributed by atoms with Gasteiger partial charge in [-0.05, 0) is 53.7 Å². The minimum absolute atomic E-state index is 0.331. The summed E-state index contributed by atoms with van der Waals surface area (Å²) < 4.78 is 0. The van der Waals surface area contributed by atoms with Gasteiger partial charge in [0.2, 0.25) is 0 Å². The van der Waals surface area contributed by atoms with Crippen molar-refractivity contribution in [1.29, 1.82) is 0 Å². The average Bonchev–Trinajstić information content (AvgIpc) is 2.98. The van der Waals surface area contributed by atoms with Crippen molar-refractivity contribution >= 4 is 80.3 Å². The quantitative estimate of drug-likeness (QED) is 0.482. The number of aromatic nitrogens is 1. The molecule has 0 bridgehead atoms. The standard InChI is InChI=1S/C19H10Cl3N3OS/c20-12-6-7-23-15-5-4-10(8-11(12)15)9-16-18(26)25-19(27-16)24-17-13(21)2-1-3-14(17)22/h1-9H,(H,24,25,26)/b16-9-. The molecule has 0 radical (unpaired) electrons. The summed E-state index contributed by atoms with van der Waals surface area (Å²) in [5.41, 5.74) is 2.15. The van der Waals surface area contributed by atoms with Gasteiger partial charge in [-0.3, -0.25) is 9.78 Å². The number of fused-ring (bicyclic) bond motifs is 1. The number of carbonyl (C=O) groups is 1. The first kappa shape index (κ1) is 18.3. The van der Waals surface area contributed by atoms with E-state index in [4.69, 9.17) is 34.8 Å². The summed E-state index contributed by atoms with van der Waals surface area (Å²) in [4.78, 5) is 21.0. The molecule has 8 heteroatoms. The lowest BCUT2D eigenvalue weighted by Gasteiger charge is -2.08. The fraction of sp³-hybridized carbons (Fsp3) is 0. The highest BCUT2D eigenvalue weighted by molar-refractivity contribution is 8.18. The Labute approximate surface area is 174 Å². The SMILES string of the molecule is O=C1N=C(Nc2c(Cl)cccc2Cl)S/C1=C\c1ccc2nccc(Cl)c2c1. The lowest BCUT2D eigenvalue weighted by Crippen LogP contribution is -2.05. The molecule has 0 saturated heterocycles. The first-order valence-electron chi connectivity index (χ1n) is 7.79. The molecule has 0 spiro atoms. The Balaban J connectivity index is 1.60. The number of anilines is 1. The van der Waals surface area contributed by atoms with Gasteiger partial charge < -0.3 is 5.32 Å². The fourth-order valence-corrected chi connectivity index (χ4v) is 4.08. The molecule has 3 aromatic rings. The number of benzene rings is 2. The number of nitrogens with zero attached hydrogens (tertiary/aromatic N) is 2. The monoisotopic (exact) mass is 433 g/mol. The Kier molecular flexibility index (Phi) is 5.10. The van der Waals surface area contributed by atoms with Crippen LogP contribution < -0.4 is 5.32 Å². The van der Waals surface area contributed by atoms with Crippen LogP contribution >= 0.6 is 46.6 Å². The predicted octanol–water partition coefficient (Wildman–Crippen LogP) is 6.28. The van der Waals surface area contributed by atoms with E-state index in [0.717, 1.165) is 16.5 Å². The summed E-state index contributed by atoms with van der Waals surface area (Å²) in [7, 11) is 0. The van der Waals surface area contributed by atoms with Crippen molar-refractivity contribution in [3.05, 3.63) is 74.2 Å². The van der Waals surface area contributed by atoms with Crippen LogP contribution in [0.15, 0.2) is 58.6 Å². The van der Waals surface area contributed by atoms with Crippen LogP contribution in [-0.4, -0.2) is 16.1 Å². The topological polar surface area (TPSA) is 54.4 Å². The average molecular weight is 435 g/mol. The highest BCUT2D eigenvalue weighted by Crippen LogP contribution is 2.35. The Morgan fingerprint density at radius 2 is 1.78 bits per heavy atom. The number of para-hydroxylation sites is 1. The molecule has 1 aliphatic rings. The van der Waals surface area contributed by atoms with Crippen LogP contribution in [0, 0.1) is 0 Å².